The van der Waals surface area contributed by atoms with Crippen molar-refractivity contribution in [2.45, 2.75) is 109 Å². The Morgan fingerprint density at radius 2 is 1.55 bits per heavy atom. The topological polar surface area (TPSA) is 112 Å². The molecule has 0 saturated heterocycles. The van der Waals surface area contributed by atoms with E-state index >= 15 is 0 Å². The zero-order chi connectivity index (χ0) is 23.3. The summed E-state index contributed by atoms with van der Waals surface area (Å²) in [5.41, 5.74) is -1.68. The number of ether oxygens (including phenoxy) is 1. The molecule has 1 amide bonds. The van der Waals surface area contributed by atoms with Crippen LogP contribution in [-0.4, -0.2) is 47.8 Å². The van der Waals surface area contributed by atoms with Gasteiger partial charge in [0.15, 0.2) is 0 Å². The molecule has 2 aliphatic rings. The molecule has 2 aliphatic carbocycles. The van der Waals surface area contributed by atoms with Crippen molar-refractivity contribution < 1.29 is 29.5 Å². The molecular formula is C23H42N2O5S. The van der Waals surface area contributed by atoms with E-state index in [0.717, 1.165) is 12.1 Å². The number of hydrogen-bond acceptors (Lipinski definition) is 6. The molecule has 2 saturated carbocycles. The lowest BCUT2D eigenvalue weighted by Crippen LogP contribution is -2.95. The lowest BCUT2D eigenvalue weighted by molar-refractivity contribution is -0.725. The van der Waals surface area contributed by atoms with E-state index in [1.807, 2.05) is 0 Å². The van der Waals surface area contributed by atoms with E-state index in [1.54, 1.807) is 6.92 Å². The largest absolute Gasteiger partial charge is 0.548 e. The van der Waals surface area contributed by atoms with E-state index in [1.165, 1.54) is 78.1 Å². The molecule has 2 atom stereocenters. The number of carboxylic acids is 1. The molecule has 0 aromatic carbocycles. The van der Waals surface area contributed by atoms with E-state index in [4.69, 9.17) is 4.74 Å². The number of quaternary nitrogens is 1. The first kappa shape index (κ1) is 27.8. The number of carboxylic acid groups (broad SMARTS) is 1. The first-order chi connectivity index (χ1) is 14.7. The number of esters is 1. The van der Waals surface area contributed by atoms with Gasteiger partial charge in [0.1, 0.15) is 0 Å². The van der Waals surface area contributed by atoms with E-state index in [9.17, 15) is 19.5 Å². The predicted molar refractivity (Wildman–Crippen MR) is 121 cm³/mol. The minimum atomic E-state index is -1.68. The summed E-state index contributed by atoms with van der Waals surface area (Å²) in [4.78, 5) is 33.7. The van der Waals surface area contributed by atoms with Crippen molar-refractivity contribution >= 4 is 30.5 Å². The first-order valence-corrected chi connectivity index (χ1v) is 12.5. The summed E-state index contributed by atoms with van der Waals surface area (Å²) >= 11 is 3.94. The van der Waals surface area contributed by atoms with Gasteiger partial charge in [0.25, 0.3) is 0 Å². The Labute approximate surface area is 192 Å². The SMILES string of the molecule is C1CCC([NH2+]C2CCCCC2)CC1.CCOC(=O)CC(C)[C@@](CS)(NC(C)=O)C(=O)[O-]. The Morgan fingerprint density at radius 3 is 1.90 bits per heavy atom. The molecule has 8 heteroatoms. The maximum atomic E-state index is 11.4. The molecule has 2 rings (SSSR count). The van der Waals surface area contributed by atoms with Crippen molar-refractivity contribution in [3.63, 3.8) is 0 Å². The molecule has 180 valence electrons. The normalized spacial score (nSPS) is 20.5. The van der Waals surface area contributed by atoms with Crippen molar-refractivity contribution in [3.8, 4) is 0 Å². The Bertz CT molecular complexity index is 546. The molecule has 1 unspecified atom stereocenters. The highest BCUT2D eigenvalue weighted by atomic mass is 32.1. The van der Waals surface area contributed by atoms with Crippen LogP contribution in [-0.2, 0) is 19.1 Å². The van der Waals surface area contributed by atoms with E-state index in [2.05, 4.69) is 23.3 Å². The van der Waals surface area contributed by atoms with Crippen LogP contribution in [0.25, 0.3) is 0 Å². The third-order valence-corrected chi connectivity index (χ3v) is 6.97. The number of hydrogen-bond donors (Lipinski definition) is 3. The van der Waals surface area contributed by atoms with Gasteiger partial charge in [-0.1, -0.05) is 19.8 Å². The van der Waals surface area contributed by atoms with Crippen molar-refractivity contribution in [2.24, 2.45) is 5.92 Å². The molecule has 0 aliphatic heterocycles. The second kappa shape index (κ2) is 14.7. The minimum absolute atomic E-state index is 0.136. The molecule has 7 nitrogen and oxygen atoms in total. The van der Waals surface area contributed by atoms with Gasteiger partial charge >= 0.3 is 5.97 Å². The monoisotopic (exact) mass is 458 g/mol. The molecule has 0 spiro atoms. The Hall–Kier alpha value is -1.28. The molecule has 0 aromatic heterocycles. The third-order valence-electron chi connectivity index (χ3n) is 6.48. The summed E-state index contributed by atoms with van der Waals surface area (Å²) < 4.78 is 4.75. The number of thiol groups is 1. The van der Waals surface area contributed by atoms with E-state index in [-0.39, 0.29) is 18.8 Å². The second-order valence-corrected chi connectivity index (χ2v) is 9.31. The molecule has 0 heterocycles. The van der Waals surface area contributed by atoms with Crippen LogP contribution in [0.2, 0.25) is 0 Å². The maximum Gasteiger partial charge on any atom is 0.306 e. The fourth-order valence-corrected chi connectivity index (χ4v) is 5.15. The van der Waals surface area contributed by atoms with Gasteiger partial charge in [0, 0.05) is 12.7 Å². The average Bonchev–Trinajstić information content (AvgIpc) is 2.73. The van der Waals surface area contributed by atoms with Crippen molar-refractivity contribution in [1.82, 2.24) is 5.32 Å². The van der Waals surface area contributed by atoms with E-state index < -0.39 is 29.3 Å². The smallest absolute Gasteiger partial charge is 0.306 e. The van der Waals surface area contributed by atoms with Crippen LogP contribution in [0.3, 0.4) is 0 Å². The van der Waals surface area contributed by atoms with Gasteiger partial charge in [-0.2, -0.15) is 12.6 Å². The van der Waals surface area contributed by atoms with Crippen LogP contribution in [0.5, 0.6) is 0 Å². The number of amides is 1. The quantitative estimate of drug-likeness (QED) is 0.357. The highest BCUT2D eigenvalue weighted by Crippen LogP contribution is 2.23. The van der Waals surface area contributed by atoms with Gasteiger partial charge < -0.3 is 25.3 Å². The van der Waals surface area contributed by atoms with Crippen molar-refractivity contribution in [3.05, 3.63) is 0 Å². The third kappa shape index (κ3) is 9.81. The fraction of sp³-hybridized carbons (Fsp3) is 0.870. The summed E-state index contributed by atoms with van der Waals surface area (Å²) in [7, 11) is 0. The second-order valence-electron chi connectivity index (χ2n) is 9.00. The summed E-state index contributed by atoms with van der Waals surface area (Å²) in [5, 5.41) is 16.3. The molecular weight excluding hydrogens is 416 g/mol. The number of nitrogens with two attached hydrogens (primary N) is 1. The van der Waals surface area contributed by atoms with Gasteiger partial charge in [-0.25, -0.2) is 0 Å². The Kier molecular flexibility index (Phi) is 13.2. The Morgan fingerprint density at radius 1 is 1.06 bits per heavy atom. The highest BCUT2D eigenvalue weighted by Gasteiger charge is 2.38. The van der Waals surface area contributed by atoms with Crippen LogP contribution in [0.4, 0.5) is 0 Å². The molecule has 31 heavy (non-hydrogen) atoms. The molecule has 2 fully saturated rings. The van der Waals surface area contributed by atoms with Gasteiger partial charge in [0.2, 0.25) is 5.91 Å². The minimum Gasteiger partial charge on any atom is -0.548 e. The predicted octanol–water partition coefficient (Wildman–Crippen LogP) is 1.35. The van der Waals surface area contributed by atoms with Gasteiger partial charge in [-0.3, -0.25) is 9.59 Å². The van der Waals surface area contributed by atoms with Crippen LogP contribution in [0.1, 0.15) is 91.4 Å². The first-order valence-electron chi connectivity index (χ1n) is 11.9. The fourth-order valence-electron chi connectivity index (χ4n) is 4.63. The lowest BCUT2D eigenvalue weighted by atomic mass is 9.84. The number of carbonyl (C=O) groups excluding carboxylic acids is 3. The summed E-state index contributed by atoms with van der Waals surface area (Å²) in [6.07, 6.45) is 14.8. The average molecular weight is 459 g/mol. The maximum absolute atomic E-state index is 11.4. The summed E-state index contributed by atoms with van der Waals surface area (Å²) in [6.45, 7) is 4.59. The number of rotatable bonds is 9. The molecule has 0 radical (unpaired) electrons. The number of aliphatic carboxylic acids is 1. The van der Waals surface area contributed by atoms with Crippen LogP contribution >= 0.6 is 12.6 Å². The Balaban J connectivity index is 0.000000323. The highest BCUT2D eigenvalue weighted by molar-refractivity contribution is 7.80. The zero-order valence-corrected chi connectivity index (χ0v) is 20.4. The molecule has 0 bridgehead atoms. The van der Waals surface area contributed by atoms with Gasteiger partial charge in [-0.15, -0.1) is 0 Å². The summed E-state index contributed by atoms with van der Waals surface area (Å²) in [5.74, 6) is -3.38. The van der Waals surface area contributed by atoms with E-state index in [0.29, 0.717) is 0 Å². The van der Waals surface area contributed by atoms with Gasteiger partial charge in [-0.05, 0) is 64.2 Å². The zero-order valence-electron chi connectivity index (χ0n) is 19.5. The van der Waals surface area contributed by atoms with Crippen LogP contribution < -0.4 is 15.7 Å². The number of nitrogens with one attached hydrogen (secondary N) is 1. The van der Waals surface area contributed by atoms with Crippen LogP contribution in [0.15, 0.2) is 0 Å². The van der Waals surface area contributed by atoms with Crippen LogP contribution in [0, 0.1) is 5.92 Å². The molecule has 3 N–H and O–H groups in total. The van der Waals surface area contributed by atoms with Crippen molar-refractivity contribution in [1.29, 1.82) is 0 Å². The number of carbonyl (C=O) groups is 3. The lowest BCUT2D eigenvalue weighted by Gasteiger charge is -2.39. The molecule has 0 aromatic rings. The van der Waals surface area contributed by atoms with Gasteiger partial charge in [0.05, 0.1) is 36.6 Å². The van der Waals surface area contributed by atoms with Crippen molar-refractivity contribution in [2.75, 3.05) is 12.4 Å². The summed E-state index contributed by atoms with van der Waals surface area (Å²) in [6, 6.07) is 1.99. The standard InChI is InChI=1S/C12H23N.C11H19NO5S/c1-3-7-11(8-4-1)13-12-9-5-2-6-10-12;1-4-17-9(14)5-7(2)11(6-18,10(15)16)12-8(3)13/h11-13H,1-10H2;7,18H,4-6H2,1-3H3,(H,12,13)(H,15,16)/t;7?,11-/m.1/s1.